The number of hydrogen-bond acceptors (Lipinski definition) is 3. The summed E-state index contributed by atoms with van der Waals surface area (Å²) in [5.41, 5.74) is 2.80. The molecular formula is C14H15N5O. The number of aromatic amines is 1. The summed E-state index contributed by atoms with van der Waals surface area (Å²) >= 11 is 0. The van der Waals surface area contributed by atoms with Gasteiger partial charge in [-0.3, -0.25) is 9.25 Å². The molecule has 0 aliphatic carbocycles. The Morgan fingerprint density at radius 1 is 1.25 bits per heavy atom. The summed E-state index contributed by atoms with van der Waals surface area (Å²) in [5, 5.41) is 7.44. The van der Waals surface area contributed by atoms with Crippen molar-refractivity contribution in [3.63, 3.8) is 0 Å². The maximum Gasteiger partial charge on any atom is 0.330 e. The Morgan fingerprint density at radius 3 is 2.65 bits per heavy atom. The van der Waals surface area contributed by atoms with Crippen molar-refractivity contribution < 1.29 is 0 Å². The lowest BCUT2D eigenvalue weighted by atomic mass is 10.2. The number of aryl methyl sites for hydroxylation is 1. The minimum absolute atomic E-state index is 0.138. The second kappa shape index (κ2) is 5.08. The van der Waals surface area contributed by atoms with Gasteiger partial charge >= 0.3 is 5.69 Å². The Labute approximate surface area is 115 Å². The van der Waals surface area contributed by atoms with Gasteiger partial charge in [0.15, 0.2) is 0 Å². The molecule has 0 bridgehead atoms. The lowest BCUT2D eigenvalue weighted by Gasteiger charge is -2.08. The topological polar surface area (TPSA) is 67.6 Å². The van der Waals surface area contributed by atoms with Crippen LogP contribution in [0, 0.1) is 0 Å². The van der Waals surface area contributed by atoms with E-state index in [1.54, 1.807) is 23.2 Å². The van der Waals surface area contributed by atoms with Crippen LogP contribution in [0.5, 0.6) is 0 Å². The highest BCUT2D eigenvalue weighted by Crippen LogP contribution is 2.13. The molecule has 0 aliphatic rings. The molecule has 0 saturated heterocycles. The number of imidazole rings is 1. The monoisotopic (exact) mass is 269 g/mol. The van der Waals surface area contributed by atoms with Crippen LogP contribution in [0.2, 0.25) is 0 Å². The number of hydrogen-bond donors (Lipinski definition) is 2. The molecule has 2 aromatic heterocycles. The fraction of sp³-hybridized carbons (Fsp3) is 0.143. The molecule has 0 radical (unpaired) electrons. The number of H-pyrrole nitrogens is 1. The molecule has 102 valence electrons. The van der Waals surface area contributed by atoms with Crippen molar-refractivity contribution in [3.05, 3.63) is 65.1 Å². The minimum atomic E-state index is -0.138. The van der Waals surface area contributed by atoms with Crippen LogP contribution in [0.1, 0.15) is 5.69 Å². The van der Waals surface area contributed by atoms with Gasteiger partial charge in [0.05, 0.1) is 17.9 Å². The summed E-state index contributed by atoms with van der Waals surface area (Å²) in [6, 6.07) is 9.68. The van der Waals surface area contributed by atoms with Gasteiger partial charge in [-0.05, 0) is 30.3 Å². The normalized spacial score (nSPS) is 10.7. The summed E-state index contributed by atoms with van der Waals surface area (Å²) in [7, 11) is 1.92. The molecular weight excluding hydrogens is 254 g/mol. The predicted molar refractivity (Wildman–Crippen MR) is 76.9 cm³/mol. The summed E-state index contributed by atoms with van der Waals surface area (Å²) in [6.07, 6.45) is 5.11. The van der Waals surface area contributed by atoms with E-state index in [1.807, 2.05) is 42.1 Å². The standard InChI is InChI=1S/C14H15N5O/c1-18-13(6-7-17-18)10-16-11-2-4-12(5-3-11)19-9-8-15-14(19)20/h2-9,16H,10H2,1H3,(H,15,20). The van der Waals surface area contributed by atoms with Gasteiger partial charge in [-0.25, -0.2) is 4.79 Å². The molecule has 0 spiro atoms. The van der Waals surface area contributed by atoms with Crippen LogP contribution in [0.4, 0.5) is 5.69 Å². The molecule has 0 atom stereocenters. The van der Waals surface area contributed by atoms with E-state index in [9.17, 15) is 4.79 Å². The van der Waals surface area contributed by atoms with Gasteiger partial charge in [-0.15, -0.1) is 0 Å². The zero-order valence-electron chi connectivity index (χ0n) is 11.1. The molecule has 2 N–H and O–H groups in total. The van der Waals surface area contributed by atoms with Gasteiger partial charge in [-0.1, -0.05) is 0 Å². The summed E-state index contributed by atoms with van der Waals surface area (Å²) in [6.45, 7) is 0.708. The molecule has 3 aromatic rings. The van der Waals surface area contributed by atoms with E-state index >= 15 is 0 Å². The third-order valence-electron chi connectivity index (χ3n) is 3.19. The zero-order valence-corrected chi connectivity index (χ0v) is 11.1. The third kappa shape index (κ3) is 2.35. The smallest absolute Gasteiger partial charge is 0.330 e. The molecule has 6 heteroatoms. The number of rotatable bonds is 4. The molecule has 6 nitrogen and oxygen atoms in total. The van der Waals surface area contributed by atoms with Crippen molar-refractivity contribution in [2.75, 3.05) is 5.32 Å². The maximum absolute atomic E-state index is 11.5. The van der Waals surface area contributed by atoms with Crippen molar-refractivity contribution in [2.45, 2.75) is 6.54 Å². The Hall–Kier alpha value is -2.76. The average Bonchev–Trinajstić information content (AvgIpc) is 3.06. The molecule has 1 aromatic carbocycles. The van der Waals surface area contributed by atoms with Gasteiger partial charge in [-0.2, -0.15) is 5.10 Å². The highest BCUT2D eigenvalue weighted by Gasteiger charge is 2.01. The first-order valence-corrected chi connectivity index (χ1v) is 6.31. The summed E-state index contributed by atoms with van der Waals surface area (Å²) in [5.74, 6) is 0. The first kappa shape index (κ1) is 12.3. The molecule has 0 fully saturated rings. The Morgan fingerprint density at radius 2 is 2.05 bits per heavy atom. The van der Waals surface area contributed by atoms with Crippen LogP contribution in [-0.4, -0.2) is 19.3 Å². The number of nitrogens with zero attached hydrogens (tertiary/aromatic N) is 3. The predicted octanol–water partition coefficient (Wildman–Crippen LogP) is 1.51. The van der Waals surface area contributed by atoms with Crippen LogP contribution in [0.3, 0.4) is 0 Å². The van der Waals surface area contributed by atoms with Gasteiger partial charge in [0.25, 0.3) is 0 Å². The van der Waals surface area contributed by atoms with Crippen molar-refractivity contribution in [1.29, 1.82) is 0 Å². The SMILES string of the molecule is Cn1nccc1CNc1ccc(-n2cc[nH]c2=O)cc1. The van der Waals surface area contributed by atoms with Crippen LogP contribution in [0.15, 0.2) is 53.7 Å². The summed E-state index contributed by atoms with van der Waals surface area (Å²) < 4.78 is 3.39. The van der Waals surface area contributed by atoms with E-state index in [0.717, 1.165) is 17.1 Å². The third-order valence-corrected chi connectivity index (χ3v) is 3.19. The van der Waals surface area contributed by atoms with E-state index in [-0.39, 0.29) is 5.69 Å². The van der Waals surface area contributed by atoms with E-state index in [4.69, 9.17) is 0 Å². The lowest BCUT2D eigenvalue weighted by Crippen LogP contribution is -2.13. The summed E-state index contributed by atoms with van der Waals surface area (Å²) in [4.78, 5) is 14.1. The van der Waals surface area contributed by atoms with Gasteiger partial charge in [0.2, 0.25) is 0 Å². The van der Waals surface area contributed by atoms with Gasteiger partial charge < -0.3 is 10.3 Å². The molecule has 0 amide bonds. The van der Waals surface area contributed by atoms with E-state index < -0.39 is 0 Å². The molecule has 0 aliphatic heterocycles. The Balaban J connectivity index is 1.72. The second-order valence-corrected chi connectivity index (χ2v) is 4.48. The van der Waals surface area contributed by atoms with Gasteiger partial charge in [0, 0.05) is 31.3 Å². The highest BCUT2D eigenvalue weighted by atomic mass is 16.1. The van der Waals surface area contributed by atoms with Crippen LogP contribution >= 0.6 is 0 Å². The van der Waals surface area contributed by atoms with E-state index in [1.165, 1.54) is 0 Å². The Kier molecular flexibility index (Phi) is 3.12. The molecule has 3 rings (SSSR count). The molecule has 0 saturated carbocycles. The molecule has 20 heavy (non-hydrogen) atoms. The van der Waals surface area contributed by atoms with Crippen molar-refractivity contribution in [2.24, 2.45) is 7.05 Å². The number of anilines is 1. The molecule has 2 heterocycles. The van der Waals surface area contributed by atoms with Crippen LogP contribution < -0.4 is 11.0 Å². The maximum atomic E-state index is 11.5. The average molecular weight is 269 g/mol. The van der Waals surface area contributed by atoms with E-state index in [0.29, 0.717) is 6.54 Å². The number of aromatic nitrogens is 4. The number of benzene rings is 1. The fourth-order valence-corrected chi connectivity index (χ4v) is 2.03. The zero-order chi connectivity index (χ0) is 13.9. The molecule has 0 unspecified atom stereocenters. The number of nitrogens with one attached hydrogen (secondary N) is 2. The second-order valence-electron chi connectivity index (χ2n) is 4.48. The van der Waals surface area contributed by atoms with Crippen LogP contribution in [0.25, 0.3) is 5.69 Å². The Bertz CT molecular complexity index is 750. The first-order valence-electron chi connectivity index (χ1n) is 6.31. The minimum Gasteiger partial charge on any atom is -0.379 e. The highest BCUT2D eigenvalue weighted by molar-refractivity contribution is 5.48. The fourth-order valence-electron chi connectivity index (χ4n) is 2.03. The van der Waals surface area contributed by atoms with Crippen molar-refractivity contribution >= 4 is 5.69 Å². The largest absolute Gasteiger partial charge is 0.379 e. The quantitative estimate of drug-likeness (QED) is 0.754. The first-order chi connectivity index (χ1) is 9.74. The van der Waals surface area contributed by atoms with Crippen molar-refractivity contribution in [3.8, 4) is 5.69 Å². The van der Waals surface area contributed by atoms with E-state index in [2.05, 4.69) is 15.4 Å². The van der Waals surface area contributed by atoms with Crippen molar-refractivity contribution in [1.82, 2.24) is 19.3 Å². The van der Waals surface area contributed by atoms with Crippen LogP contribution in [-0.2, 0) is 13.6 Å². The van der Waals surface area contributed by atoms with Gasteiger partial charge in [0.1, 0.15) is 0 Å². The lowest BCUT2D eigenvalue weighted by molar-refractivity contribution is 0.720.